The fraction of sp³-hybridized carbons (Fsp3) is 0.235. The summed E-state index contributed by atoms with van der Waals surface area (Å²) in [5, 5.41) is 3.17. The van der Waals surface area contributed by atoms with E-state index >= 15 is 0 Å². The number of methoxy groups -OCH3 is 1. The molecule has 0 fully saturated rings. The Balaban J connectivity index is 1.79. The average molecular weight is 634 g/mol. The predicted octanol–water partition coefficient (Wildman–Crippen LogP) is 5.63. The van der Waals surface area contributed by atoms with Crippen LogP contribution in [0.4, 0.5) is 5.69 Å². The van der Waals surface area contributed by atoms with Gasteiger partial charge in [0.05, 0.1) is 17.7 Å². The Hall–Kier alpha value is -4.34. The first kappa shape index (κ1) is 32.6. The molecular formula is C34H36ClN3O5S. The minimum Gasteiger partial charge on any atom is -0.497 e. The van der Waals surface area contributed by atoms with Crippen LogP contribution in [0.5, 0.6) is 5.75 Å². The number of nitrogens with zero attached hydrogens (tertiary/aromatic N) is 2. The van der Waals surface area contributed by atoms with Gasteiger partial charge in [-0.3, -0.25) is 13.9 Å². The zero-order chi connectivity index (χ0) is 31.7. The lowest BCUT2D eigenvalue weighted by Crippen LogP contribution is -2.53. The van der Waals surface area contributed by atoms with Crippen molar-refractivity contribution in [1.29, 1.82) is 0 Å². The van der Waals surface area contributed by atoms with E-state index in [0.29, 0.717) is 17.3 Å². The van der Waals surface area contributed by atoms with Gasteiger partial charge in [0.1, 0.15) is 18.3 Å². The van der Waals surface area contributed by atoms with E-state index in [4.69, 9.17) is 16.3 Å². The van der Waals surface area contributed by atoms with Crippen molar-refractivity contribution in [3.63, 3.8) is 0 Å². The third-order valence-corrected chi connectivity index (χ3v) is 9.10. The lowest BCUT2D eigenvalue weighted by molar-refractivity contribution is -0.140. The summed E-state index contributed by atoms with van der Waals surface area (Å²) in [5.41, 5.74) is 2.89. The molecule has 0 aromatic heterocycles. The average Bonchev–Trinajstić information content (AvgIpc) is 3.02. The van der Waals surface area contributed by atoms with Crippen molar-refractivity contribution in [3.8, 4) is 5.75 Å². The molecule has 0 aliphatic rings. The van der Waals surface area contributed by atoms with Gasteiger partial charge < -0.3 is 15.0 Å². The standard InChI is InChI=1S/C34H36ClN3O5S/c1-4-36-34(40)32(21-26-11-6-5-7-12-26)37(23-27-13-8-10-25(2)20-27)33(39)24-38(29-15-9-14-28(35)22-29)44(41,42)31-18-16-30(43-3)17-19-31/h5-20,22,32H,4,21,23-24H2,1-3H3,(H,36,40)/t32-/m1/s1. The molecule has 1 atom stereocenters. The summed E-state index contributed by atoms with van der Waals surface area (Å²) >= 11 is 6.28. The molecule has 0 aliphatic carbocycles. The molecule has 0 saturated carbocycles. The highest BCUT2D eigenvalue weighted by Crippen LogP contribution is 2.28. The summed E-state index contributed by atoms with van der Waals surface area (Å²) in [5.74, 6) is -0.384. The molecule has 0 spiro atoms. The first-order chi connectivity index (χ1) is 21.1. The topological polar surface area (TPSA) is 96.0 Å². The van der Waals surface area contributed by atoms with Crippen LogP contribution in [0, 0.1) is 6.92 Å². The quantitative estimate of drug-likeness (QED) is 0.206. The number of amides is 2. The molecule has 0 radical (unpaired) electrons. The van der Waals surface area contributed by atoms with E-state index < -0.39 is 28.5 Å². The Morgan fingerprint density at radius 2 is 1.57 bits per heavy atom. The maximum atomic E-state index is 14.4. The predicted molar refractivity (Wildman–Crippen MR) is 173 cm³/mol. The fourth-order valence-electron chi connectivity index (χ4n) is 4.89. The number of ether oxygens (including phenoxy) is 1. The Labute approximate surface area is 264 Å². The van der Waals surface area contributed by atoms with E-state index in [1.165, 1.54) is 30.2 Å². The summed E-state index contributed by atoms with van der Waals surface area (Å²) in [6.07, 6.45) is 0.243. The highest BCUT2D eigenvalue weighted by atomic mass is 35.5. The van der Waals surface area contributed by atoms with Gasteiger partial charge in [0.2, 0.25) is 11.8 Å². The lowest BCUT2D eigenvalue weighted by atomic mass is 10.0. The molecule has 44 heavy (non-hydrogen) atoms. The number of carbonyl (C=O) groups is 2. The van der Waals surface area contributed by atoms with Gasteiger partial charge >= 0.3 is 0 Å². The molecular weight excluding hydrogens is 598 g/mol. The van der Waals surface area contributed by atoms with E-state index in [2.05, 4.69) is 5.32 Å². The molecule has 8 nitrogen and oxygen atoms in total. The molecule has 4 aromatic rings. The van der Waals surface area contributed by atoms with E-state index in [-0.39, 0.29) is 29.5 Å². The maximum absolute atomic E-state index is 14.4. The van der Waals surface area contributed by atoms with Gasteiger partial charge in [-0.2, -0.15) is 0 Å². The van der Waals surface area contributed by atoms with E-state index in [0.717, 1.165) is 21.0 Å². The zero-order valence-electron chi connectivity index (χ0n) is 24.9. The smallest absolute Gasteiger partial charge is 0.264 e. The molecule has 230 valence electrons. The number of carbonyl (C=O) groups excluding carboxylic acids is 2. The molecule has 1 N–H and O–H groups in total. The van der Waals surface area contributed by atoms with Gasteiger partial charge in [-0.25, -0.2) is 8.42 Å². The summed E-state index contributed by atoms with van der Waals surface area (Å²) in [6, 6.07) is 28.4. The van der Waals surface area contributed by atoms with Crippen molar-refractivity contribution in [2.45, 2.75) is 37.8 Å². The van der Waals surface area contributed by atoms with Crippen molar-refractivity contribution in [3.05, 3.63) is 125 Å². The largest absolute Gasteiger partial charge is 0.497 e. The van der Waals surface area contributed by atoms with Gasteiger partial charge in [0, 0.05) is 24.5 Å². The van der Waals surface area contributed by atoms with E-state index in [1.54, 1.807) is 30.3 Å². The molecule has 0 saturated heterocycles. The summed E-state index contributed by atoms with van der Waals surface area (Å²) in [7, 11) is -2.76. The number of aryl methyl sites for hydroxylation is 1. The second-order valence-electron chi connectivity index (χ2n) is 10.3. The summed E-state index contributed by atoms with van der Waals surface area (Å²) in [4.78, 5) is 29.4. The normalized spacial score (nSPS) is 11.8. The first-order valence-electron chi connectivity index (χ1n) is 14.2. The van der Waals surface area contributed by atoms with Crippen LogP contribution in [0.3, 0.4) is 0 Å². The number of nitrogens with one attached hydrogen (secondary N) is 1. The molecule has 4 aromatic carbocycles. The van der Waals surface area contributed by atoms with Crippen molar-refractivity contribution in [1.82, 2.24) is 10.2 Å². The molecule has 10 heteroatoms. The number of rotatable bonds is 13. The van der Waals surface area contributed by atoms with Crippen molar-refractivity contribution in [2.75, 3.05) is 24.5 Å². The Morgan fingerprint density at radius 1 is 0.886 bits per heavy atom. The summed E-state index contributed by atoms with van der Waals surface area (Å²) in [6.45, 7) is 3.67. The minimum absolute atomic E-state index is 0.0270. The number of likely N-dealkylation sites (N-methyl/N-ethyl adjacent to an activating group) is 1. The van der Waals surface area contributed by atoms with E-state index in [1.807, 2.05) is 68.4 Å². The number of anilines is 1. The lowest BCUT2D eigenvalue weighted by Gasteiger charge is -2.34. The Bertz CT molecular complexity index is 1680. The van der Waals surface area contributed by atoms with Crippen molar-refractivity contribution < 1.29 is 22.7 Å². The highest BCUT2D eigenvalue weighted by molar-refractivity contribution is 7.92. The minimum atomic E-state index is -4.25. The summed E-state index contributed by atoms with van der Waals surface area (Å²) < 4.78 is 34.4. The molecule has 0 unspecified atom stereocenters. The van der Waals surface area contributed by atoms with Gasteiger partial charge in [-0.05, 0) is 67.4 Å². The first-order valence-corrected chi connectivity index (χ1v) is 16.0. The van der Waals surface area contributed by atoms with Gasteiger partial charge in [0.25, 0.3) is 10.0 Å². The fourth-order valence-corrected chi connectivity index (χ4v) is 6.48. The number of benzene rings is 4. The SMILES string of the molecule is CCNC(=O)[C@@H](Cc1ccccc1)N(Cc1cccc(C)c1)C(=O)CN(c1cccc(Cl)c1)S(=O)(=O)c1ccc(OC)cc1. The van der Waals surface area contributed by atoms with Crippen molar-refractivity contribution in [2.24, 2.45) is 0 Å². The molecule has 0 bridgehead atoms. The second-order valence-corrected chi connectivity index (χ2v) is 12.6. The van der Waals surface area contributed by atoms with Gasteiger partial charge in [-0.15, -0.1) is 0 Å². The van der Waals surface area contributed by atoms with Crippen molar-refractivity contribution >= 4 is 39.1 Å². The monoisotopic (exact) mass is 633 g/mol. The molecule has 4 rings (SSSR count). The van der Waals surface area contributed by atoms with Crippen LogP contribution >= 0.6 is 11.6 Å². The van der Waals surface area contributed by atoms with Crippen LogP contribution in [-0.4, -0.2) is 51.4 Å². The third kappa shape index (κ3) is 8.18. The van der Waals surface area contributed by atoms with Gasteiger partial charge in [-0.1, -0.05) is 77.8 Å². The number of hydrogen-bond acceptors (Lipinski definition) is 5. The number of halogens is 1. The maximum Gasteiger partial charge on any atom is 0.264 e. The highest BCUT2D eigenvalue weighted by Gasteiger charge is 2.34. The van der Waals surface area contributed by atoms with Crippen LogP contribution in [0.25, 0.3) is 0 Å². The zero-order valence-corrected chi connectivity index (χ0v) is 26.5. The second kappa shape index (κ2) is 14.9. The molecule has 0 heterocycles. The van der Waals surface area contributed by atoms with Crippen LogP contribution in [-0.2, 0) is 32.6 Å². The van der Waals surface area contributed by atoms with Crippen LogP contribution in [0.1, 0.15) is 23.6 Å². The van der Waals surface area contributed by atoms with E-state index in [9.17, 15) is 18.0 Å². The van der Waals surface area contributed by atoms with Crippen LogP contribution < -0.4 is 14.4 Å². The number of hydrogen-bond donors (Lipinski definition) is 1. The molecule has 2 amide bonds. The Morgan fingerprint density at radius 3 is 2.20 bits per heavy atom. The number of sulfonamides is 1. The molecule has 0 aliphatic heterocycles. The van der Waals surface area contributed by atoms with Crippen LogP contribution in [0.2, 0.25) is 5.02 Å². The third-order valence-electron chi connectivity index (χ3n) is 7.08. The van der Waals surface area contributed by atoms with Crippen LogP contribution in [0.15, 0.2) is 108 Å². The van der Waals surface area contributed by atoms with Gasteiger partial charge in [0.15, 0.2) is 0 Å². The Kier molecular flexibility index (Phi) is 11.0.